The minimum Gasteiger partial charge on any atom is -0.397 e. The molecule has 0 aromatic carbocycles. The number of anilines is 1. The molecule has 21 heavy (non-hydrogen) atoms. The first-order valence-electron chi connectivity index (χ1n) is 7.27. The van der Waals surface area contributed by atoms with Gasteiger partial charge in [0.05, 0.1) is 5.69 Å². The predicted octanol–water partition coefficient (Wildman–Crippen LogP) is 1.44. The summed E-state index contributed by atoms with van der Waals surface area (Å²) in [5.41, 5.74) is 6.54. The molecule has 0 radical (unpaired) electrons. The van der Waals surface area contributed by atoms with Crippen molar-refractivity contribution in [1.29, 1.82) is 0 Å². The monoisotopic (exact) mass is 292 g/mol. The summed E-state index contributed by atoms with van der Waals surface area (Å²) in [5.74, 6) is -0.469. The second kappa shape index (κ2) is 5.42. The van der Waals surface area contributed by atoms with Gasteiger partial charge in [0, 0.05) is 17.8 Å². The molecule has 1 unspecified atom stereocenters. The molecule has 1 aromatic rings. The number of nitrogen functional groups attached to an aromatic ring is 1. The first-order chi connectivity index (χ1) is 9.67. The van der Waals surface area contributed by atoms with Crippen LogP contribution in [0.15, 0.2) is 12.3 Å². The van der Waals surface area contributed by atoms with Gasteiger partial charge < -0.3 is 20.9 Å². The molecule has 116 valence electrons. The van der Waals surface area contributed by atoms with E-state index in [9.17, 15) is 9.59 Å². The van der Waals surface area contributed by atoms with Crippen LogP contribution >= 0.6 is 0 Å². The van der Waals surface area contributed by atoms with Crippen LogP contribution in [-0.2, 0) is 4.79 Å². The van der Waals surface area contributed by atoms with Crippen LogP contribution < -0.4 is 16.4 Å². The van der Waals surface area contributed by atoms with Crippen molar-refractivity contribution in [3.05, 3.63) is 18.0 Å². The number of aromatic nitrogens is 1. The number of nitrogens with one attached hydrogen (secondary N) is 2. The first-order valence-corrected chi connectivity index (χ1v) is 7.27. The lowest BCUT2D eigenvalue weighted by atomic mass is 10.1. The zero-order valence-corrected chi connectivity index (χ0v) is 13.1. The van der Waals surface area contributed by atoms with E-state index in [1.165, 1.54) is 0 Å². The van der Waals surface area contributed by atoms with Crippen molar-refractivity contribution >= 4 is 17.5 Å². The van der Waals surface area contributed by atoms with Crippen LogP contribution in [0.5, 0.6) is 0 Å². The molecule has 1 fully saturated rings. The fraction of sp³-hybridized carbons (Fsp3) is 0.600. The second-order valence-corrected chi connectivity index (χ2v) is 6.73. The molecule has 4 N–H and O–H groups in total. The van der Waals surface area contributed by atoms with Gasteiger partial charge in [0.15, 0.2) is 0 Å². The average molecular weight is 292 g/mol. The van der Waals surface area contributed by atoms with Gasteiger partial charge >= 0.3 is 0 Å². The van der Waals surface area contributed by atoms with Gasteiger partial charge in [0.1, 0.15) is 11.7 Å². The first kappa shape index (κ1) is 15.4. The Kier molecular flexibility index (Phi) is 3.98. The quantitative estimate of drug-likeness (QED) is 0.784. The Morgan fingerprint density at radius 3 is 2.52 bits per heavy atom. The van der Waals surface area contributed by atoms with Crippen LogP contribution in [0.2, 0.25) is 0 Å². The molecule has 2 amide bonds. The molecule has 2 rings (SSSR count). The Bertz CT molecular complexity index is 553. The van der Waals surface area contributed by atoms with Crippen LogP contribution in [-0.4, -0.2) is 28.0 Å². The maximum atomic E-state index is 12.3. The van der Waals surface area contributed by atoms with Crippen molar-refractivity contribution in [3.8, 4) is 0 Å². The lowest BCUT2D eigenvalue weighted by molar-refractivity contribution is -0.124. The van der Waals surface area contributed by atoms with E-state index in [2.05, 4.69) is 10.6 Å². The Balaban J connectivity index is 2.02. The molecule has 6 heteroatoms. The lowest BCUT2D eigenvalue weighted by Gasteiger charge is -2.23. The van der Waals surface area contributed by atoms with E-state index < -0.39 is 6.04 Å². The summed E-state index contributed by atoms with van der Waals surface area (Å²) in [5, 5.41) is 5.57. The smallest absolute Gasteiger partial charge is 0.268 e. The third-order valence-electron chi connectivity index (χ3n) is 3.28. The normalized spacial score (nSPS) is 16.4. The Morgan fingerprint density at radius 2 is 2.00 bits per heavy atom. The summed E-state index contributed by atoms with van der Waals surface area (Å²) in [6.45, 7) is 7.38. The highest BCUT2D eigenvalue weighted by molar-refractivity contribution is 5.97. The highest BCUT2D eigenvalue weighted by atomic mass is 16.2. The summed E-state index contributed by atoms with van der Waals surface area (Å²) in [4.78, 5) is 24.3. The Morgan fingerprint density at radius 1 is 1.38 bits per heavy atom. The van der Waals surface area contributed by atoms with Gasteiger partial charge in [-0.3, -0.25) is 9.59 Å². The van der Waals surface area contributed by atoms with Crippen LogP contribution in [0.25, 0.3) is 0 Å². The SMILES string of the molecule is CC(NC(=O)c1cc(N)cn1C1CC1)C(=O)NC(C)(C)C. The zero-order valence-electron chi connectivity index (χ0n) is 13.1. The molecule has 0 saturated heterocycles. The predicted molar refractivity (Wildman–Crippen MR) is 81.9 cm³/mol. The van der Waals surface area contributed by atoms with Gasteiger partial charge in [-0.2, -0.15) is 0 Å². The molecule has 1 saturated carbocycles. The summed E-state index contributed by atoms with van der Waals surface area (Å²) in [6.07, 6.45) is 3.91. The number of amides is 2. The summed E-state index contributed by atoms with van der Waals surface area (Å²) < 4.78 is 1.90. The number of hydrogen-bond donors (Lipinski definition) is 3. The maximum Gasteiger partial charge on any atom is 0.268 e. The standard InChI is InChI=1S/C15H24N4O2/c1-9(13(20)18-15(2,3)4)17-14(21)12-7-10(16)8-19(12)11-5-6-11/h7-9,11H,5-6,16H2,1-4H3,(H,17,21)(H,18,20). The Labute approximate surface area is 125 Å². The van der Waals surface area contributed by atoms with Crippen LogP contribution in [0.1, 0.15) is 57.1 Å². The van der Waals surface area contributed by atoms with E-state index in [1.54, 1.807) is 19.2 Å². The number of nitrogens with two attached hydrogens (primary N) is 1. The van der Waals surface area contributed by atoms with Crippen molar-refractivity contribution in [1.82, 2.24) is 15.2 Å². The van der Waals surface area contributed by atoms with E-state index in [4.69, 9.17) is 5.73 Å². The molecule has 0 aliphatic heterocycles. The topological polar surface area (TPSA) is 89.2 Å². The van der Waals surface area contributed by atoms with Gasteiger partial charge in [0.2, 0.25) is 5.91 Å². The van der Waals surface area contributed by atoms with Gasteiger partial charge in [-0.05, 0) is 46.6 Å². The van der Waals surface area contributed by atoms with E-state index >= 15 is 0 Å². The van der Waals surface area contributed by atoms with Gasteiger partial charge in [-0.1, -0.05) is 0 Å². The minimum absolute atomic E-state index is 0.201. The summed E-state index contributed by atoms with van der Waals surface area (Å²) in [6, 6.07) is 1.42. The number of nitrogens with zero attached hydrogens (tertiary/aromatic N) is 1. The summed E-state index contributed by atoms with van der Waals surface area (Å²) >= 11 is 0. The van der Waals surface area contributed by atoms with Crippen molar-refractivity contribution in [2.45, 2.75) is 58.2 Å². The van der Waals surface area contributed by atoms with E-state index in [1.807, 2.05) is 25.3 Å². The second-order valence-electron chi connectivity index (χ2n) is 6.73. The number of carbonyl (C=O) groups excluding carboxylic acids is 2. The van der Waals surface area contributed by atoms with E-state index in [0.29, 0.717) is 17.4 Å². The maximum absolute atomic E-state index is 12.3. The number of rotatable bonds is 4. The van der Waals surface area contributed by atoms with Crippen LogP contribution in [0.3, 0.4) is 0 Å². The zero-order chi connectivity index (χ0) is 15.8. The number of hydrogen-bond acceptors (Lipinski definition) is 3. The third kappa shape index (κ3) is 4.00. The molecule has 1 heterocycles. The molecule has 0 spiro atoms. The molecular formula is C15H24N4O2. The molecule has 6 nitrogen and oxygen atoms in total. The van der Waals surface area contributed by atoms with Crippen molar-refractivity contribution in [3.63, 3.8) is 0 Å². The molecule has 1 aromatic heterocycles. The Hall–Kier alpha value is -1.98. The largest absolute Gasteiger partial charge is 0.397 e. The highest BCUT2D eigenvalue weighted by Gasteiger charge is 2.29. The number of carbonyl (C=O) groups is 2. The van der Waals surface area contributed by atoms with Gasteiger partial charge in [-0.15, -0.1) is 0 Å². The van der Waals surface area contributed by atoms with Gasteiger partial charge in [0.25, 0.3) is 5.91 Å². The average Bonchev–Trinajstić information content (AvgIpc) is 3.10. The minimum atomic E-state index is -0.597. The van der Waals surface area contributed by atoms with Crippen molar-refractivity contribution in [2.24, 2.45) is 0 Å². The molecule has 1 aliphatic rings. The molecule has 0 bridgehead atoms. The molecule has 1 atom stereocenters. The fourth-order valence-electron chi connectivity index (χ4n) is 2.15. The van der Waals surface area contributed by atoms with E-state index in [0.717, 1.165) is 12.8 Å². The summed E-state index contributed by atoms with van der Waals surface area (Å²) in [7, 11) is 0. The van der Waals surface area contributed by atoms with Crippen LogP contribution in [0.4, 0.5) is 5.69 Å². The van der Waals surface area contributed by atoms with Crippen LogP contribution in [0, 0.1) is 0 Å². The highest BCUT2D eigenvalue weighted by Crippen LogP contribution is 2.37. The lowest BCUT2D eigenvalue weighted by Crippen LogP contribution is -2.51. The van der Waals surface area contributed by atoms with Gasteiger partial charge in [-0.25, -0.2) is 0 Å². The van der Waals surface area contributed by atoms with Crippen molar-refractivity contribution in [2.75, 3.05) is 5.73 Å². The van der Waals surface area contributed by atoms with Crippen molar-refractivity contribution < 1.29 is 9.59 Å². The fourth-order valence-corrected chi connectivity index (χ4v) is 2.15. The molecule has 1 aliphatic carbocycles. The van der Waals surface area contributed by atoms with E-state index in [-0.39, 0.29) is 17.4 Å². The third-order valence-corrected chi connectivity index (χ3v) is 3.28. The molecular weight excluding hydrogens is 268 g/mol.